The maximum Gasteiger partial charge on any atom is 0.338 e. The fourth-order valence-corrected chi connectivity index (χ4v) is 3.67. The van der Waals surface area contributed by atoms with Crippen LogP contribution in [0.1, 0.15) is 59.9 Å². The van der Waals surface area contributed by atoms with Crippen molar-refractivity contribution in [2.45, 2.75) is 39.9 Å². The van der Waals surface area contributed by atoms with Crippen LogP contribution < -0.4 is 10.9 Å². The Labute approximate surface area is 252 Å². The van der Waals surface area contributed by atoms with Crippen LogP contribution in [0, 0.1) is 0 Å². The highest BCUT2D eigenvalue weighted by Gasteiger charge is 2.14. The third-order valence-electron chi connectivity index (χ3n) is 5.67. The molecule has 0 aliphatic carbocycles. The maximum atomic E-state index is 12.0. The lowest BCUT2D eigenvalue weighted by molar-refractivity contribution is -0.139. The smallest absolute Gasteiger partial charge is 0.338 e. The van der Waals surface area contributed by atoms with Gasteiger partial charge in [0.15, 0.2) is 0 Å². The molecule has 2 aromatic carbocycles. The summed E-state index contributed by atoms with van der Waals surface area (Å²) in [4.78, 5) is 48.1. The van der Waals surface area contributed by atoms with Gasteiger partial charge in [-0.3, -0.25) is 9.59 Å². The van der Waals surface area contributed by atoms with Crippen molar-refractivity contribution in [2.75, 3.05) is 0 Å². The molecule has 2 aromatic heterocycles. The van der Waals surface area contributed by atoms with Crippen molar-refractivity contribution >= 4 is 36.2 Å². The van der Waals surface area contributed by atoms with Gasteiger partial charge in [0.2, 0.25) is 0 Å². The minimum absolute atomic E-state index is 0.217. The molecule has 0 unspecified atom stereocenters. The standard InChI is InChI=1S/C32H30N4O8/c1-19(2)41-31(39)23-9-5-21(6-10-23)27-15-13-25(43-27)17-33-35-29(37)30(38)36-34-18-26-14-16-28(44-26)22-7-11-24(12-8-22)32(40)42-20(3)4/h5-20H,1-4H3,(H,35,37)(H,36,38)/b33-17+,34-18+. The molecule has 0 saturated carbocycles. The highest BCUT2D eigenvalue weighted by atomic mass is 16.5. The molecular formula is C32H30N4O8. The first-order valence-electron chi connectivity index (χ1n) is 13.6. The minimum Gasteiger partial charge on any atom is -0.459 e. The highest BCUT2D eigenvalue weighted by molar-refractivity contribution is 6.35. The zero-order chi connectivity index (χ0) is 31.6. The molecule has 2 N–H and O–H groups in total. The Balaban J connectivity index is 1.24. The number of hydrogen-bond donors (Lipinski definition) is 2. The predicted molar refractivity (Wildman–Crippen MR) is 161 cm³/mol. The Morgan fingerprint density at radius 3 is 1.30 bits per heavy atom. The molecule has 12 heteroatoms. The van der Waals surface area contributed by atoms with Crippen LogP contribution in [0.2, 0.25) is 0 Å². The Hall–Kier alpha value is -5.78. The molecule has 0 aliphatic heterocycles. The number of rotatable bonds is 10. The number of hydrazone groups is 2. The van der Waals surface area contributed by atoms with Crippen LogP contribution in [-0.2, 0) is 19.1 Å². The first-order valence-corrected chi connectivity index (χ1v) is 13.6. The number of esters is 2. The summed E-state index contributed by atoms with van der Waals surface area (Å²) in [6, 6.07) is 20.1. The summed E-state index contributed by atoms with van der Waals surface area (Å²) < 4.78 is 21.7. The number of ether oxygens (including phenoxy) is 2. The van der Waals surface area contributed by atoms with Gasteiger partial charge in [-0.25, -0.2) is 20.4 Å². The quantitative estimate of drug-likeness (QED) is 0.112. The molecule has 0 aliphatic rings. The number of nitrogens with one attached hydrogen (secondary N) is 2. The second kappa shape index (κ2) is 14.4. The van der Waals surface area contributed by atoms with Crippen molar-refractivity contribution < 1.29 is 37.5 Å². The molecule has 2 heterocycles. The molecule has 2 amide bonds. The Morgan fingerprint density at radius 1 is 0.591 bits per heavy atom. The summed E-state index contributed by atoms with van der Waals surface area (Å²) in [5, 5.41) is 7.46. The monoisotopic (exact) mass is 598 g/mol. The highest BCUT2D eigenvalue weighted by Crippen LogP contribution is 2.23. The Morgan fingerprint density at radius 2 is 0.955 bits per heavy atom. The first kappa shape index (κ1) is 31.2. The van der Waals surface area contributed by atoms with Gasteiger partial charge >= 0.3 is 23.8 Å². The molecule has 44 heavy (non-hydrogen) atoms. The van der Waals surface area contributed by atoms with E-state index in [-0.39, 0.29) is 12.2 Å². The lowest BCUT2D eigenvalue weighted by Crippen LogP contribution is -2.35. The average Bonchev–Trinajstić information content (AvgIpc) is 3.67. The fraction of sp³-hybridized carbons (Fsp3) is 0.188. The van der Waals surface area contributed by atoms with Crippen LogP contribution in [-0.4, -0.2) is 48.4 Å². The summed E-state index contributed by atoms with van der Waals surface area (Å²) in [7, 11) is 0. The molecule has 0 bridgehead atoms. The van der Waals surface area contributed by atoms with E-state index in [9.17, 15) is 19.2 Å². The Bertz CT molecular complexity index is 1550. The molecule has 0 atom stereocenters. The van der Waals surface area contributed by atoms with Crippen LogP contribution in [0.3, 0.4) is 0 Å². The average molecular weight is 599 g/mol. The normalized spacial score (nSPS) is 11.3. The summed E-state index contributed by atoms with van der Waals surface area (Å²) in [6.45, 7) is 7.10. The zero-order valence-electron chi connectivity index (χ0n) is 24.4. The van der Waals surface area contributed by atoms with Gasteiger partial charge in [-0.2, -0.15) is 10.2 Å². The van der Waals surface area contributed by atoms with Crippen LogP contribution >= 0.6 is 0 Å². The maximum absolute atomic E-state index is 12.0. The van der Waals surface area contributed by atoms with Crippen molar-refractivity contribution in [1.29, 1.82) is 0 Å². The van der Waals surface area contributed by atoms with E-state index in [1.54, 1.807) is 100 Å². The summed E-state index contributed by atoms with van der Waals surface area (Å²) in [5.74, 6) is -1.26. The number of amides is 2. The van der Waals surface area contributed by atoms with E-state index in [2.05, 4.69) is 21.1 Å². The van der Waals surface area contributed by atoms with E-state index in [0.29, 0.717) is 34.2 Å². The number of carbonyl (C=O) groups is 4. The topological polar surface area (TPSA) is 162 Å². The fourth-order valence-electron chi connectivity index (χ4n) is 3.67. The van der Waals surface area contributed by atoms with Gasteiger partial charge in [0.1, 0.15) is 23.0 Å². The molecule has 12 nitrogen and oxygen atoms in total. The molecule has 226 valence electrons. The van der Waals surface area contributed by atoms with Crippen LogP contribution in [0.25, 0.3) is 22.6 Å². The molecule has 0 saturated heterocycles. The van der Waals surface area contributed by atoms with E-state index >= 15 is 0 Å². The molecule has 0 radical (unpaired) electrons. The summed E-state index contributed by atoms with van der Waals surface area (Å²) in [5.41, 5.74) is 6.46. The van der Waals surface area contributed by atoms with Crippen molar-refractivity contribution in [3.63, 3.8) is 0 Å². The lowest BCUT2D eigenvalue weighted by atomic mass is 10.1. The summed E-state index contributed by atoms with van der Waals surface area (Å²) in [6.07, 6.45) is 2.03. The predicted octanol–water partition coefficient (Wildman–Crippen LogP) is 4.94. The van der Waals surface area contributed by atoms with E-state index < -0.39 is 23.8 Å². The van der Waals surface area contributed by atoms with Crippen LogP contribution in [0.4, 0.5) is 0 Å². The number of nitrogens with zero attached hydrogens (tertiary/aromatic N) is 2. The minimum atomic E-state index is -1.05. The van der Waals surface area contributed by atoms with Gasteiger partial charge < -0.3 is 18.3 Å². The van der Waals surface area contributed by atoms with Crippen molar-refractivity contribution in [3.05, 3.63) is 95.4 Å². The SMILES string of the molecule is CC(C)OC(=O)c1ccc(-c2ccc(/C=N/NC(=O)C(=O)N/N=C/c3ccc(-c4ccc(C(=O)OC(C)C)cc4)o3)o2)cc1. The van der Waals surface area contributed by atoms with Crippen LogP contribution in [0.5, 0.6) is 0 Å². The third kappa shape index (κ3) is 8.61. The third-order valence-corrected chi connectivity index (χ3v) is 5.67. The lowest BCUT2D eigenvalue weighted by Gasteiger charge is -2.07. The molecule has 0 spiro atoms. The molecule has 4 rings (SSSR count). The molecule has 4 aromatic rings. The number of furan rings is 2. The van der Waals surface area contributed by atoms with Crippen molar-refractivity contribution in [1.82, 2.24) is 10.9 Å². The van der Waals surface area contributed by atoms with Crippen molar-refractivity contribution in [3.8, 4) is 22.6 Å². The second-order valence-electron chi connectivity index (χ2n) is 9.87. The molecular weight excluding hydrogens is 568 g/mol. The number of hydrogen-bond acceptors (Lipinski definition) is 10. The van der Waals surface area contributed by atoms with E-state index in [4.69, 9.17) is 18.3 Å². The molecule has 0 fully saturated rings. The van der Waals surface area contributed by atoms with E-state index in [1.807, 2.05) is 0 Å². The van der Waals surface area contributed by atoms with Gasteiger partial charge in [0, 0.05) is 11.1 Å². The van der Waals surface area contributed by atoms with Crippen LogP contribution in [0.15, 0.2) is 91.8 Å². The number of carbonyl (C=O) groups excluding carboxylic acids is 4. The van der Waals surface area contributed by atoms with Gasteiger partial charge in [-0.15, -0.1) is 0 Å². The second-order valence-corrected chi connectivity index (χ2v) is 9.87. The van der Waals surface area contributed by atoms with Crippen molar-refractivity contribution in [2.24, 2.45) is 10.2 Å². The van der Waals surface area contributed by atoms with Gasteiger partial charge in [0.25, 0.3) is 0 Å². The largest absolute Gasteiger partial charge is 0.459 e. The first-order chi connectivity index (χ1) is 21.1. The van der Waals surface area contributed by atoms with Gasteiger partial charge in [-0.1, -0.05) is 24.3 Å². The number of benzene rings is 2. The van der Waals surface area contributed by atoms with E-state index in [0.717, 1.165) is 11.1 Å². The van der Waals surface area contributed by atoms with Gasteiger partial charge in [-0.05, 0) is 76.2 Å². The summed E-state index contributed by atoms with van der Waals surface area (Å²) >= 11 is 0. The Kier molecular flexibility index (Phi) is 10.2. The van der Waals surface area contributed by atoms with E-state index in [1.165, 1.54) is 12.4 Å². The van der Waals surface area contributed by atoms with Gasteiger partial charge in [0.05, 0.1) is 35.8 Å². The zero-order valence-corrected chi connectivity index (χ0v) is 24.4.